The minimum absolute atomic E-state index is 0.475. The summed E-state index contributed by atoms with van der Waals surface area (Å²) in [5.41, 5.74) is -2.99. The van der Waals surface area contributed by atoms with Crippen LogP contribution in [0.2, 0.25) is 0 Å². The van der Waals surface area contributed by atoms with E-state index in [-0.39, 0.29) is 0 Å². The normalized spacial score (nSPS) is 17.0. The lowest BCUT2D eigenvalue weighted by molar-refractivity contribution is -0.0903. The van der Waals surface area contributed by atoms with Crippen LogP contribution in [0.3, 0.4) is 0 Å². The first-order chi connectivity index (χ1) is 6.41. The molecule has 0 aromatic rings. The van der Waals surface area contributed by atoms with E-state index >= 15 is 0 Å². The van der Waals surface area contributed by atoms with Crippen LogP contribution in [0.5, 0.6) is 0 Å². The van der Waals surface area contributed by atoms with Crippen molar-refractivity contribution < 1.29 is 17.6 Å². The van der Waals surface area contributed by atoms with E-state index in [2.05, 4.69) is 0 Å². The molecule has 0 bridgehead atoms. The largest absolute Gasteiger partial charge is 0.420 e. The maximum Gasteiger partial charge on any atom is 0.420 e. The van der Waals surface area contributed by atoms with Crippen LogP contribution in [0.15, 0.2) is 22.5 Å². The summed E-state index contributed by atoms with van der Waals surface area (Å²) in [6.07, 6.45) is -5.66. The van der Waals surface area contributed by atoms with E-state index in [1.807, 2.05) is 0 Å². The third-order valence-electron chi connectivity index (χ3n) is 1.69. The molecule has 1 aliphatic rings. The highest BCUT2D eigenvalue weighted by Crippen LogP contribution is 2.42. The van der Waals surface area contributed by atoms with Gasteiger partial charge in [0.15, 0.2) is 0 Å². The molecule has 0 aromatic carbocycles. The fourth-order valence-corrected chi connectivity index (χ4v) is 1.13. The Balaban J connectivity index is 3.32. The topological polar surface area (TPSA) is 47.6 Å². The van der Waals surface area contributed by atoms with Crippen molar-refractivity contribution in [1.29, 1.82) is 10.5 Å². The van der Waals surface area contributed by atoms with E-state index in [1.165, 1.54) is 12.1 Å². The molecule has 0 N–H and O–H groups in total. The summed E-state index contributed by atoms with van der Waals surface area (Å²) in [5.74, 6) is -1.47. The van der Waals surface area contributed by atoms with Crippen molar-refractivity contribution in [1.82, 2.24) is 0 Å². The van der Waals surface area contributed by atoms with Gasteiger partial charge in [-0.2, -0.15) is 23.7 Å². The third-order valence-corrected chi connectivity index (χ3v) is 1.69. The Bertz CT molecular complexity index is 414. The van der Waals surface area contributed by atoms with Crippen LogP contribution in [0, 0.1) is 22.7 Å². The summed E-state index contributed by atoms with van der Waals surface area (Å²) in [6.45, 7) is 0. The van der Waals surface area contributed by atoms with Gasteiger partial charge in [0.2, 0.25) is 0 Å². The number of allylic oxidation sites excluding steroid dienone is 4. The smallest absolute Gasteiger partial charge is 0.211 e. The predicted octanol–water partition coefficient (Wildman–Crippen LogP) is 2.52. The molecule has 0 fully saturated rings. The molecule has 0 aliphatic heterocycles. The number of hydrogen-bond donors (Lipinski definition) is 0. The van der Waals surface area contributed by atoms with Crippen LogP contribution in [0.25, 0.3) is 0 Å². The van der Waals surface area contributed by atoms with Crippen molar-refractivity contribution in [3.8, 4) is 12.1 Å². The van der Waals surface area contributed by atoms with E-state index in [0.29, 0.717) is 0 Å². The Morgan fingerprint density at radius 1 is 1.14 bits per heavy atom. The second-order valence-electron chi connectivity index (χ2n) is 2.53. The molecule has 0 saturated heterocycles. The van der Waals surface area contributed by atoms with Crippen molar-refractivity contribution in [3.63, 3.8) is 0 Å². The Kier molecular flexibility index (Phi) is 2.31. The van der Waals surface area contributed by atoms with Crippen molar-refractivity contribution >= 4 is 0 Å². The molecule has 0 spiro atoms. The first kappa shape index (κ1) is 10.3. The lowest BCUT2D eigenvalue weighted by Crippen LogP contribution is -2.13. The average Bonchev–Trinajstić information content (AvgIpc) is 2.40. The van der Waals surface area contributed by atoms with Gasteiger partial charge in [-0.15, -0.1) is 0 Å². The van der Waals surface area contributed by atoms with Gasteiger partial charge in [-0.25, -0.2) is 4.39 Å². The van der Waals surface area contributed by atoms with Gasteiger partial charge in [-0.05, 0) is 0 Å². The quantitative estimate of drug-likeness (QED) is 0.566. The number of alkyl halides is 3. The average molecular weight is 202 g/mol. The van der Waals surface area contributed by atoms with Gasteiger partial charge in [-0.1, -0.05) is 0 Å². The molecule has 1 aliphatic carbocycles. The van der Waals surface area contributed by atoms with Gasteiger partial charge >= 0.3 is 6.18 Å². The molecule has 6 heteroatoms. The molecule has 1 rings (SSSR count). The zero-order valence-corrected chi connectivity index (χ0v) is 6.61. The number of nitrogens with zero attached hydrogens (tertiary/aromatic N) is 2. The van der Waals surface area contributed by atoms with Crippen molar-refractivity contribution in [3.05, 3.63) is 22.5 Å². The summed E-state index contributed by atoms with van der Waals surface area (Å²) >= 11 is 0. The second-order valence-corrected chi connectivity index (χ2v) is 2.53. The van der Waals surface area contributed by atoms with Crippen LogP contribution in [-0.2, 0) is 0 Å². The molecule has 14 heavy (non-hydrogen) atoms. The Morgan fingerprint density at radius 2 is 1.71 bits per heavy atom. The maximum absolute atomic E-state index is 12.8. The van der Waals surface area contributed by atoms with Gasteiger partial charge < -0.3 is 0 Å². The molecular weight excluding hydrogens is 200 g/mol. The van der Waals surface area contributed by atoms with Crippen LogP contribution in [0.4, 0.5) is 17.6 Å². The first-order valence-electron chi connectivity index (χ1n) is 3.41. The molecule has 2 nitrogen and oxygen atoms in total. The van der Waals surface area contributed by atoms with Gasteiger partial charge in [0, 0.05) is 6.42 Å². The minimum Gasteiger partial charge on any atom is -0.211 e. The predicted molar refractivity (Wildman–Crippen MR) is 37.1 cm³/mol. The van der Waals surface area contributed by atoms with Crippen molar-refractivity contribution in [2.45, 2.75) is 12.6 Å². The first-order valence-corrected chi connectivity index (χ1v) is 3.41. The zero-order chi connectivity index (χ0) is 10.9. The maximum atomic E-state index is 12.8. The standard InChI is InChI=1S/C8H2F4N2/c9-6-1-4(2-13)5(3-14)7(6)8(10,11)12/h1H2. The molecule has 0 unspecified atom stereocenters. The lowest BCUT2D eigenvalue weighted by atomic mass is 10.1. The SMILES string of the molecule is N#CC1=C(C#N)C(C(F)(F)F)=C(F)C1. The number of nitriles is 2. The Morgan fingerprint density at radius 3 is 2.07 bits per heavy atom. The van der Waals surface area contributed by atoms with Gasteiger partial charge in [-0.3, -0.25) is 0 Å². The van der Waals surface area contributed by atoms with Crippen molar-refractivity contribution in [2.24, 2.45) is 0 Å². The monoisotopic (exact) mass is 202 g/mol. The Hall–Kier alpha value is -1.82. The molecule has 0 atom stereocenters. The van der Waals surface area contributed by atoms with Crippen LogP contribution >= 0.6 is 0 Å². The number of hydrogen-bond acceptors (Lipinski definition) is 2. The number of rotatable bonds is 0. The lowest BCUT2D eigenvalue weighted by Gasteiger charge is -2.06. The fraction of sp³-hybridized carbons (Fsp3) is 0.250. The summed E-state index contributed by atoms with van der Waals surface area (Å²) in [7, 11) is 0. The van der Waals surface area contributed by atoms with Crippen LogP contribution in [-0.4, -0.2) is 6.18 Å². The highest BCUT2D eigenvalue weighted by atomic mass is 19.4. The third kappa shape index (κ3) is 1.47. The molecule has 0 aromatic heterocycles. The summed E-state index contributed by atoms with van der Waals surface area (Å²) in [6, 6.07) is 2.56. The summed E-state index contributed by atoms with van der Waals surface area (Å²) in [4.78, 5) is 0. The molecule has 0 heterocycles. The fourth-order valence-electron chi connectivity index (χ4n) is 1.13. The molecule has 72 valence electrons. The minimum atomic E-state index is -4.92. The molecule has 0 radical (unpaired) electrons. The highest BCUT2D eigenvalue weighted by molar-refractivity contribution is 5.59. The van der Waals surface area contributed by atoms with Crippen LogP contribution < -0.4 is 0 Å². The van der Waals surface area contributed by atoms with E-state index in [4.69, 9.17) is 10.5 Å². The van der Waals surface area contributed by atoms with E-state index in [9.17, 15) is 17.6 Å². The number of halogens is 4. The summed E-state index contributed by atoms with van der Waals surface area (Å²) < 4.78 is 49.3. The molecular formula is C8H2F4N2. The molecule has 0 amide bonds. The van der Waals surface area contributed by atoms with E-state index in [0.717, 1.165) is 0 Å². The van der Waals surface area contributed by atoms with Gasteiger partial charge in [0.1, 0.15) is 17.5 Å². The van der Waals surface area contributed by atoms with Crippen molar-refractivity contribution in [2.75, 3.05) is 0 Å². The Labute approximate surface area is 76.4 Å². The van der Waals surface area contributed by atoms with E-state index in [1.54, 1.807) is 0 Å². The van der Waals surface area contributed by atoms with Gasteiger partial charge in [0.05, 0.1) is 17.2 Å². The summed E-state index contributed by atoms with van der Waals surface area (Å²) in [5, 5.41) is 16.7. The van der Waals surface area contributed by atoms with Gasteiger partial charge in [0.25, 0.3) is 0 Å². The van der Waals surface area contributed by atoms with Crippen LogP contribution in [0.1, 0.15) is 6.42 Å². The highest BCUT2D eigenvalue weighted by Gasteiger charge is 2.43. The van der Waals surface area contributed by atoms with E-state index < -0.39 is 35.1 Å². The second kappa shape index (κ2) is 3.15. The molecule has 0 saturated carbocycles. The zero-order valence-electron chi connectivity index (χ0n) is 6.61.